The standard InChI is InChI=1S/C18H29NO4/c1-13(2)11-22-16-10-19(17(20)23-18(3,4)5)8-6-15(16)14-7-9-21-12-14/h7,9,12-13,15-16H,6,8,10-11H2,1-5H3/t15-,16+/m1/s1. The lowest BCUT2D eigenvalue weighted by Gasteiger charge is -2.38. The molecule has 1 saturated heterocycles. The molecule has 0 N–H and O–H groups in total. The number of ether oxygens (including phenoxy) is 2. The Bertz CT molecular complexity index is 490. The van der Waals surface area contributed by atoms with Crippen LogP contribution in [0.4, 0.5) is 4.79 Å². The van der Waals surface area contributed by atoms with Crippen LogP contribution in [-0.4, -0.2) is 42.4 Å². The van der Waals surface area contributed by atoms with Crippen LogP contribution in [0, 0.1) is 5.92 Å². The van der Waals surface area contributed by atoms with Crippen LogP contribution >= 0.6 is 0 Å². The molecule has 1 amide bonds. The van der Waals surface area contributed by atoms with Gasteiger partial charge in [0.2, 0.25) is 0 Å². The van der Waals surface area contributed by atoms with E-state index >= 15 is 0 Å². The number of rotatable bonds is 4. The summed E-state index contributed by atoms with van der Waals surface area (Å²) in [4.78, 5) is 14.1. The van der Waals surface area contributed by atoms with Gasteiger partial charge in [-0.3, -0.25) is 0 Å². The van der Waals surface area contributed by atoms with Gasteiger partial charge in [0.1, 0.15) is 5.60 Å². The lowest BCUT2D eigenvalue weighted by Crippen LogP contribution is -2.48. The SMILES string of the molecule is CC(C)CO[C@H]1CN(C(=O)OC(C)(C)C)CC[C@@H]1c1ccoc1. The quantitative estimate of drug-likeness (QED) is 0.839. The molecule has 1 aromatic heterocycles. The molecule has 0 saturated carbocycles. The van der Waals surface area contributed by atoms with Crippen molar-refractivity contribution in [1.29, 1.82) is 0 Å². The van der Waals surface area contributed by atoms with Crippen molar-refractivity contribution < 1.29 is 18.7 Å². The summed E-state index contributed by atoms with van der Waals surface area (Å²) < 4.78 is 16.8. The summed E-state index contributed by atoms with van der Waals surface area (Å²) in [6.45, 7) is 11.8. The van der Waals surface area contributed by atoms with Gasteiger partial charge in [-0.2, -0.15) is 0 Å². The van der Waals surface area contributed by atoms with Crippen molar-refractivity contribution in [2.24, 2.45) is 5.92 Å². The molecule has 0 bridgehead atoms. The molecular formula is C18H29NO4. The summed E-state index contributed by atoms with van der Waals surface area (Å²) in [7, 11) is 0. The van der Waals surface area contributed by atoms with Gasteiger partial charge in [0, 0.05) is 19.1 Å². The van der Waals surface area contributed by atoms with E-state index in [1.807, 2.05) is 26.8 Å². The number of likely N-dealkylation sites (tertiary alicyclic amines) is 1. The van der Waals surface area contributed by atoms with Gasteiger partial charge in [-0.1, -0.05) is 13.8 Å². The normalized spacial score (nSPS) is 22.4. The predicted molar refractivity (Wildman–Crippen MR) is 88.5 cm³/mol. The van der Waals surface area contributed by atoms with E-state index in [-0.39, 0.29) is 18.1 Å². The fraction of sp³-hybridized carbons (Fsp3) is 0.722. The monoisotopic (exact) mass is 323 g/mol. The lowest BCUT2D eigenvalue weighted by atomic mass is 9.88. The third-order valence-electron chi connectivity index (χ3n) is 3.83. The molecule has 1 fully saturated rings. The first-order chi connectivity index (χ1) is 10.8. The molecule has 0 unspecified atom stereocenters. The summed E-state index contributed by atoms with van der Waals surface area (Å²) in [5.41, 5.74) is 0.662. The van der Waals surface area contributed by atoms with Crippen molar-refractivity contribution in [2.75, 3.05) is 19.7 Å². The van der Waals surface area contributed by atoms with Crippen LogP contribution in [0.1, 0.15) is 52.5 Å². The minimum atomic E-state index is -0.479. The zero-order chi connectivity index (χ0) is 17.0. The van der Waals surface area contributed by atoms with Crippen molar-refractivity contribution >= 4 is 6.09 Å². The van der Waals surface area contributed by atoms with Crippen molar-refractivity contribution in [3.63, 3.8) is 0 Å². The first kappa shape index (κ1) is 17.9. The van der Waals surface area contributed by atoms with Gasteiger partial charge in [-0.15, -0.1) is 0 Å². The Balaban J connectivity index is 2.04. The fourth-order valence-corrected chi connectivity index (χ4v) is 2.76. The van der Waals surface area contributed by atoms with E-state index in [1.54, 1.807) is 17.4 Å². The second kappa shape index (κ2) is 7.39. The van der Waals surface area contributed by atoms with Crippen molar-refractivity contribution in [2.45, 2.75) is 58.7 Å². The van der Waals surface area contributed by atoms with Crippen LogP contribution in [0.25, 0.3) is 0 Å². The number of piperidine rings is 1. The van der Waals surface area contributed by atoms with E-state index in [0.717, 1.165) is 12.0 Å². The minimum Gasteiger partial charge on any atom is -0.472 e. The van der Waals surface area contributed by atoms with E-state index in [0.29, 0.717) is 25.6 Å². The van der Waals surface area contributed by atoms with Gasteiger partial charge in [-0.05, 0) is 44.7 Å². The van der Waals surface area contributed by atoms with Crippen LogP contribution < -0.4 is 0 Å². The van der Waals surface area contributed by atoms with E-state index < -0.39 is 5.60 Å². The van der Waals surface area contributed by atoms with Gasteiger partial charge in [0.25, 0.3) is 0 Å². The summed E-state index contributed by atoms with van der Waals surface area (Å²) in [6.07, 6.45) is 4.02. The Labute approximate surface area is 138 Å². The van der Waals surface area contributed by atoms with Gasteiger partial charge in [0.15, 0.2) is 0 Å². The van der Waals surface area contributed by atoms with Crippen molar-refractivity contribution in [1.82, 2.24) is 4.90 Å². The molecule has 1 aliphatic heterocycles. The number of amides is 1. The van der Waals surface area contributed by atoms with E-state index in [9.17, 15) is 4.79 Å². The summed E-state index contributed by atoms with van der Waals surface area (Å²) >= 11 is 0. The van der Waals surface area contributed by atoms with E-state index in [2.05, 4.69) is 13.8 Å². The highest BCUT2D eigenvalue weighted by Gasteiger charge is 2.35. The zero-order valence-electron chi connectivity index (χ0n) is 14.9. The second-order valence-electron chi connectivity index (χ2n) is 7.64. The van der Waals surface area contributed by atoms with E-state index in [4.69, 9.17) is 13.9 Å². The molecule has 0 radical (unpaired) electrons. The highest BCUT2D eigenvalue weighted by molar-refractivity contribution is 5.68. The van der Waals surface area contributed by atoms with E-state index in [1.165, 1.54) is 0 Å². The van der Waals surface area contributed by atoms with Gasteiger partial charge in [-0.25, -0.2) is 4.79 Å². The van der Waals surface area contributed by atoms with Crippen molar-refractivity contribution in [3.05, 3.63) is 24.2 Å². The third-order valence-corrected chi connectivity index (χ3v) is 3.83. The molecule has 5 heteroatoms. The molecule has 0 aromatic carbocycles. The maximum absolute atomic E-state index is 12.3. The summed E-state index contributed by atoms with van der Waals surface area (Å²) in [6, 6.07) is 1.99. The molecule has 2 atom stereocenters. The third kappa shape index (κ3) is 5.27. The molecule has 1 aromatic rings. The first-order valence-electron chi connectivity index (χ1n) is 8.38. The smallest absolute Gasteiger partial charge is 0.410 e. The number of carbonyl (C=O) groups is 1. The average molecular weight is 323 g/mol. The molecule has 5 nitrogen and oxygen atoms in total. The molecule has 0 aliphatic carbocycles. The number of hydrogen-bond acceptors (Lipinski definition) is 4. The Morgan fingerprint density at radius 3 is 2.74 bits per heavy atom. The first-order valence-corrected chi connectivity index (χ1v) is 8.38. The van der Waals surface area contributed by atoms with Crippen LogP contribution in [0.5, 0.6) is 0 Å². The van der Waals surface area contributed by atoms with Gasteiger partial charge in [0.05, 0.1) is 25.2 Å². The Morgan fingerprint density at radius 2 is 2.17 bits per heavy atom. The summed E-state index contributed by atoms with van der Waals surface area (Å²) in [5, 5.41) is 0. The number of carbonyl (C=O) groups excluding carboxylic acids is 1. The Morgan fingerprint density at radius 1 is 1.43 bits per heavy atom. The Kier molecular flexibility index (Phi) is 5.74. The van der Waals surface area contributed by atoms with Gasteiger partial charge < -0.3 is 18.8 Å². The molecule has 0 spiro atoms. The topological polar surface area (TPSA) is 51.9 Å². The molecule has 1 aliphatic rings. The molecule has 2 heterocycles. The van der Waals surface area contributed by atoms with Gasteiger partial charge >= 0.3 is 6.09 Å². The maximum atomic E-state index is 12.3. The molecule has 2 rings (SSSR count). The average Bonchev–Trinajstić information content (AvgIpc) is 2.96. The van der Waals surface area contributed by atoms with Crippen LogP contribution in [0.15, 0.2) is 23.0 Å². The number of hydrogen-bond donors (Lipinski definition) is 0. The number of furan rings is 1. The summed E-state index contributed by atoms with van der Waals surface area (Å²) in [5.74, 6) is 0.711. The second-order valence-corrected chi connectivity index (χ2v) is 7.64. The predicted octanol–water partition coefficient (Wildman–Crippen LogP) is 4.05. The molecular weight excluding hydrogens is 294 g/mol. The van der Waals surface area contributed by atoms with Crippen LogP contribution in [0.3, 0.4) is 0 Å². The highest BCUT2D eigenvalue weighted by Crippen LogP contribution is 2.31. The number of nitrogens with zero attached hydrogens (tertiary/aromatic N) is 1. The van der Waals surface area contributed by atoms with Crippen LogP contribution in [-0.2, 0) is 9.47 Å². The maximum Gasteiger partial charge on any atom is 0.410 e. The minimum absolute atomic E-state index is 0.0312. The van der Waals surface area contributed by atoms with Crippen molar-refractivity contribution in [3.8, 4) is 0 Å². The zero-order valence-corrected chi connectivity index (χ0v) is 14.9. The Hall–Kier alpha value is -1.49. The lowest BCUT2D eigenvalue weighted by molar-refractivity contribution is -0.0365. The highest BCUT2D eigenvalue weighted by atomic mass is 16.6. The molecule has 130 valence electrons. The largest absolute Gasteiger partial charge is 0.472 e. The van der Waals surface area contributed by atoms with Crippen LogP contribution in [0.2, 0.25) is 0 Å². The molecule has 23 heavy (non-hydrogen) atoms. The fourth-order valence-electron chi connectivity index (χ4n) is 2.76.